The molecule has 0 heterocycles. The minimum atomic E-state index is 0.299. The standard InChI is InChI=1S/C16H25NO2/c1-3-14(13-6-4-5-7-15(13)19-2)17-12-16(8-9-16)10-11-18/h4-7,14,17-18H,3,8-12H2,1-2H3. The molecule has 1 aromatic carbocycles. The summed E-state index contributed by atoms with van der Waals surface area (Å²) in [6.07, 6.45) is 4.43. The Kier molecular flexibility index (Phi) is 4.83. The number of ether oxygens (including phenoxy) is 1. The Bertz CT molecular complexity index is 401. The van der Waals surface area contributed by atoms with Gasteiger partial charge in [0.05, 0.1) is 7.11 Å². The van der Waals surface area contributed by atoms with Crippen LogP contribution in [0.5, 0.6) is 5.75 Å². The van der Waals surface area contributed by atoms with Crippen molar-refractivity contribution in [1.29, 1.82) is 0 Å². The number of nitrogens with one attached hydrogen (secondary N) is 1. The molecule has 1 saturated carbocycles. The average molecular weight is 263 g/mol. The summed E-state index contributed by atoms with van der Waals surface area (Å²) in [5.74, 6) is 0.953. The van der Waals surface area contributed by atoms with Gasteiger partial charge in [0.1, 0.15) is 5.75 Å². The van der Waals surface area contributed by atoms with Crippen LogP contribution in [0.3, 0.4) is 0 Å². The van der Waals surface area contributed by atoms with E-state index in [1.165, 1.54) is 18.4 Å². The van der Waals surface area contributed by atoms with Gasteiger partial charge in [-0.1, -0.05) is 25.1 Å². The van der Waals surface area contributed by atoms with Gasteiger partial charge in [-0.15, -0.1) is 0 Å². The van der Waals surface area contributed by atoms with E-state index in [0.29, 0.717) is 18.1 Å². The zero-order chi connectivity index (χ0) is 13.7. The first-order valence-electron chi connectivity index (χ1n) is 7.22. The molecule has 0 aliphatic heterocycles. The maximum absolute atomic E-state index is 9.12. The third-order valence-corrected chi connectivity index (χ3v) is 4.25. The van der Waals surface area contributed by atoms with Gasteiger partial charge in [-0.3, -0.25) is 0 Å². The third kappa shape index (κ3) is 3.48. The van der Waals surface area contributed by atoms with Gasteiger partial charge in [0.2, 0.25) is 0 Å². The highest BCUT2D eigenvalue weighted by atomic mass is 16.5. The van der Waals surface area contributed by atoms with E-state index in [-0.39, 0.29) is 0 Å². The molecule has 0 aromatic heterocycles. The molecule has 0 saturated heterocycles. The zero-order valence-corrected chi connectivity index (χ0v) is 12.0. The SMILES string of the molecule is CCC(NCC1(CCO)CC1)c1ccccc1OC. The number of aliphatic hydroxyl groups excluding tert-OH is 1. The molecule has 1 unspecified atom stereocenters. The largest absolute Gasteiger partial charge is 0.496 e. The van der Waals surface area contributed by atoms with Gasteiger partial charge in [-0.05, 0) is 37.2 Å². The predicted molar refractivity (Wildman–Crippen MR) is 77.4 cm³/mol. The second-order valence-corrected chi connectivity index (χ2v) is 5.56. The fourth-order valence-corrected chi connectivity index (χ4v) is 2.70. The van der Waals surface area contributed by atoms with Gasteiger partial charge in [-0.25, -0.2) is 0 Å². The van der Waals surface area contributed by atoms with E-state index in [1.54, 1.807) is 7.11 Å². The summed E-state index contributed by atoms with van der Waals surface area (Å²) in [6.45, 7) is 3.48. The Morgan fingerprint density at radius 2 is 2.11 bits per heavy atom. The van der Waals surface area contributed by atoms with E-state index in [9.17, 15) is 0 Å². The van der Waals surface area contributed by atoms with E-state index in [2.05, 4.69) is 24.4 Å². The number of hydrogen-bond donors (Lipinski definition) is 2. The first-order chi connectivity index (χ1) is 9.24. The quantitative estimate of drug-likeness (QED) is 0.758. The molecule has 3 heteroatoms. The lowest BCUT2D eigenvalue weighted by atomic mass is 9.99. The Balaban J connectivity index is 2.00. The smallest absolute Gasteiger partial charge is 0.123 e. The first kappa shape index (κ1) is 14.4. The van der Waals surface area contributed by atoms with Crippen molar-refractivity contribution in [2.24, 2.45) is 5.41 Å². The lowest BCUT2D eigenvalue weighted by Crippen LogP contribution is -2.29. The van der Waals surface area contributed by atoms with Crippen LogP contribution < -0.4 is 10.1 Å². The Morgan fingerprint density at radius 1 is 1.37 bits per heavy atom. The molecule has 1 aliphatic rings. The lowest BCUT2D eigenvalue weighted by Gasteiger charge is -2.23. The van der Waals surface area contributed by atoms with Crippen LogP contribution in [0.2, 0.25) is 0 Å². The fraction of sp³-hybridized carbons (Fsp3) is 0.625. The highest BCUT2D eigenvalue weighted by Crippen LogP contribution is 2.48. The molecule has 1 fully saturated rings. The minimum absolute atomic E-state index is 0.299. The van der Waals surface area contributed by atoms with Crippen LogP contribution in [-0.2, 0) is 0 Å². The summed E-state index contributed by atoms with van der Waals surface area (Å²) in [5, 5.41) is 12.8. The van der Waals surface area contributed by atoms with Crippen molar-refractivity contribution in [1.82, 2.24) is 5.32 Å². The van der Waals surface area contributed by atoms with Crippen LogP contribution in [-0.4, -0.2) is 25.4 Å². The number of methoxy groups -OCH3 is 1. The number of benzene rings is 1. The van der Waals surface area contributed by atoms with Gasteiger partial charge >= 0.3 is 0 Å². The van der Waals surface area contributed by atoms with Crippen molar-refractivity contribution in [3.05, 3.63) is 29.8 Å². The molecule has 106 valence electrons. The number of hydrogen-bond acceptors (Lipinski definition) is 3. The van der Waals surface area contributed by atoms with Gasteiger partial charge < -0.3 is 15.2 Å². The second-order valence-electron chi connectivity index (χ2n) is 5.56. The molecule has 2 N–H and O–H groups in total. The van der Waals surface area contributed by atoms with Gasteiger partial charge in [0.15, 0.2) is 0 Å². The number of rotatable bonds is 8. The molecule has 1 atom stereocenters. The molecule has 1 aromatic rings. The summed E-state index contributed by atoms with van der Waals surface area (Å²) in [4.78, 5) is 0. The van der Waals surface area contributed by atoms with Crippen molar-refractivity contribution in [3.8, 4) is 5.75 Å². The Hall–Kier alpha value is -1.06. The zero-order valence-electron chi connectivity index (χ0n) is 12.0. The molecule has 0 spiro atoms. The monoisotopic (exact) mass is 263 g/mol. The molecule has 2 rings (SSSR count). The summed E-state index contributed by atoms with van der Waals surface area (Å²) in [5.41, 5.74) is 1.58. The summed E-state index contributed by atoms with van der Waals surface area (Å²) in [7, 11) is 1.72. The van der Waals surface area contributed by atoms with E-state index in [1.807, 2.05) is 12.1 Å². The van der Waals surface area contributed by atoms with Crippen molar-refractivity contribution in [2.45, 2.75) is 38.6 Å². The van der Waals surface area contributed by atoms with Crippen molar-refractivity contribution < 1.29 is 9.84 Å². The van der Waals surface area contributed by atoms with Crippen LogP contribution in [0.4, 0.5) is 0 Å². The first-order valence-corrected chi connectivity index (χ1v) is 7.22. The minimum Gasteiger partial charge on any atom is -0.496 e. The van der Waals surface area contributed by atoms with Crippen LogP contribution in [0.1, 0.15) is 44.2 Å². The van der Waals surface area contributed by atoms with E-state index >= 15 is 0 Å². The van der Waals surface area contributed by atoms with E-state index in [4.69, 9.17) is 9.84 Å². The molecule has 3 nitrogen and oxygen atoms in total. The lowest BCUT2D eigenvalue weighted by molar-refractivity contribution is 0.241. The maximum Gasteiger partial charge on any atom is 0.123 e. The van der Waals surface area contributed by atoms with Gasteiger partial charge in [-0.2, -0.15) is 0 Å². The Labute approximate surface area is 116 Å². The van der Waals surface area contributed by atoms with Gasteiger partial charge in [0, 0.05) is 24.8 Å². The highest BCUT2D eigenvalue weighted by molar-refractivity contribution is 5.35. The molecular weight excluding hydrogens is 238 g/mol. The van der Waals surface area contributed by atoms with E-state index < -0.39 is 0 Å². The molecule has 1 aliphatic carbocycles. The van der Waals surface area contributed by atoms with Crippen LogP contribution in [0.15, 0.2) is 24.3 Å². The van der Waals surface area contributed by atoms with Gasteiger partial charge in [0.25, 0.3) is 0 Å². The highest BCUT2D eigenvalue weighted by Gasteiger charge is 2.41. The molecule has 0 radical (unpaired) electrons. The normalized spacial score (nSPS) is 18.1. The van der Waals surface area contributed by atoms with E-state index in [0.717, 1.165) is 25.1 Å². The van der Waals surface area contributed by atoms with Crippen molar-refractivity contribution in [3.63, 3.8) is 0 Å². The fourth-order valence-electron chi connectivity index (χ4n) is 2.70. The van der Waals surface area contributed by atoms with Crippen LogP contribution >= 0.6 is 0 Å². The number of para-hydroxylation sites is 1. The molecule has 0 bridgehead atoms. The summed E-state index contributed by atoms with van der Waals surface area (Å²) >= 11 is 0. The second kappa shape index (κ2) is 6.40. The van der Waals surface area contributed by atoms with Crippen molar-refractivity contribution >= 4 is 0 Å². The molecule has 0 amide bonds. The number of aliphatic hydroxyl groups is 1. The predicted octanol–water partition coefficient (Wildman–Crippen LogP) is 2.90. The summed E-state index contributed by atoms with van der Waals surface area (Å²) < 4.78 is 5.44. The van der Waals surface area contributed by atoms with Crippen LogP contribution in [0.25, 0.3) is 0 Å². The summed E-state index contributed by atoms with van der Waals surface area (Å²) in [6, 6.07) is 8.53. The molecular formula is C16H25NO2. The average Bonchev–Trinajstić information content (AvgIpc) is 3.20. The topological polar surface area (TPSA) is 41.5 Å². The molecule has 19 heavy (non-hydrogen) atoms. The third-order valence-electron chi connectivity index (χ3n) is 4.25. The van der Waals surface area contributed by atoms with Crippen molar-refractivity contribution in [2.75, 3.05) is 20.3 Å². The maximum atomic E-state index is 9.12. The van der Waals surface area contributed by atoms with Crippen LogP contribution in [0, 0.1) is 5.41 Å². The Morgan fingerprint density at radius 3 is 2.68 bits per heavy atom.